The van der Waals surface area contributed by atoms with E-state index in [4.69, 9.17) is 4.74 Å². The van der Waals surface area contributed by atoms with Gasteiger partial charge in [-0.3, -0.25) is 0 Å². The maximum Gasteiger partial charge on any atom is 0.410 e. The molecule has 0 saturated heterocycles. The van der Waals surface area contributed by atoms with Gasteiger partial charge in [-0.05, 0) is 31.9 Å². The van der Waals surface area contributed by atoms with E-state index >= 15 is 0 Å². The third kappa shape index (κ3) is 5.38. The maximum atomic E-state index is 12.1. The Morgan fingerprint density at radius 1 is 1.24 bits per heavy atom. The van der Waals surface area contributed by atoms with Gasteiger partial charge in [0.1, 0.15) is 5.60 Å². The summed E-state index contributed by atoms with van der Waals surface area (Å²) in [7, 11) is 0. The number of carbonyl (C=O) groups excluding carboxylic acids is 1. The highest BCUT2D eigenvalue weighted by Crippen LogP contribution is 2.20. The van der Waals surface area contributed by atoms with E-state index in [1.807, 2.05) is 58.9 Å². The van der Waals surface area contributed by atoms with Crippen molar-refractivity contribution in [2.75, 3.05) is 6.54 Å². The summed E-state index contributed by atoms with van der Waals surface area (Å²) < 4.78 is 5.37. The van der Waals surface area contributed by atoms with Crippen LogP contribution in [0.2, 0.25) is 0 Å². The van der Waals surface area contributed by atoms with Crippen molar-refractivity contribution in [2.24, 2.45) is 0 Å². The van der Waals surface area contributed by atoms with Crippen LogP contribution in [0.4, 0.5) is 4.79 Å². The molecule has 1 aliphatic heterocycles. The fraction of sp³-hybridized carbons (Fsp3) is 0.588. The van der Waals surface area contributed by atoms with Crippen molar-refractivity contribution in [3.8, 4) is 0 Å². The first-order valence-electron chi connectivity index (χ1n) is 7.58. The number of rotatable bonds is 0. The first-order chi connectivity index (χ1) is 9.85. The van der Waals surface area contributed by atoms with Crippen molar-refractivity contribution in [1.29, 1.82) is 0 Å². The van der Waals surface area contributed by atoms with Crippen LogP contribution in [0.1, 0.15) is 45.7 Å². The largest absolute Gasteiger partial charge is 0.444 e. The molecule has 1 atom stereocenters. The minimum Gasteiger partial charge on any atom is -0.444 e. The summed E-state index contributed by atoms with van der Waals surface area (Å²) in [6.07, 6.45) is -0.338. The summed E-state index contributed by atoms with van der Waals surface area (Å²) in [4.78, 5) is 13.7. The number of aliphatic hydroxyl groups is 1. The van der Waals surface area contributed by atoms with Gasteiger partial charge < -0.3 is 14.7 Å². The Morgan fingerprint density at radius 2 is 1.81 bits per heavy atom. The number of β-amino-alcohol motifs (C(OH)–C–C–N with tert-alkyl or cyclic N) is 1. The lowest BCUT2D eigenvalue weighted by molar-refractivity contribution is 0.0143. The molecule has 118 valence electrons. The van der Waals surface area contributed by atoms with E-state index in [9.17, 15) is 9.90 Å². The zero-order valence-electron chi connectivity index (χ0n) is 13.7. The van der Waals surface area contributed by atoms with Crippen LogP contribution in [0.15, 0.2) is 24.3 Å². The molecule has 0 saturated carbocycles. The third-order valence-corrected chi connectivity index (χ3v) is 3.02. The maximum absolute atomic E-state index is 12.1. The lowest BCUT2D eigenvalue weighted by Gasteiger charge is -2.27. The summed E-state index contributed by atoms with van der Waals surface area (Å²) >= 11 is 0. The summed E-state index contributed by atoms with van der Waals surface area (Å²) in [6, 6.07) is 7.89. The van der Waals surface area contributed by atoms with Crippen LogP contribution in [0, 0.1) is 0 Å². The van der Waals surface area contributed by atoms with Crippen LogP contribution in [0.5, 0.6) is 0 Å². The average Bonchev–Trinajstić information content (AvgIpc) is 2.57. The van der Waals surface area contributed by atoms with Gasteiger partial charge in [0.2, 0.25) is 0 Å². The summed E-state index contributed by atoms with van der Waals surface area (Å²) in [5.41, 5.74) is 1.65. The van der Waals surface area contributed by atoms with Gasteiger partial charge in [0.25, 0.3) is 0 Å². The molecule has 4 heteroatoms. The molecule has 0 aromatic heterocycles. The van der Waals surface area contributed by atoms with Crippen LogP contribution in [-0.2, 0) is 17.7 Å². The second-order valence-corrected chi connectivity index (χ2v) is 5.99. The van der Waals surface area contributed by atoms with E-state index in [2.05, 4.69) is 0 Å². The monoisotopic (exact) mass is 293 g/mol. The van der Waals surface area contributed by atoms with Crippen molar-refractivity contribution >= 4 is 6.09 Å². The van der Waals surface area contributed by atoms with Crippen LogP contribution in [0.3, 0.4) is 0 Å². The molecule has 0 aliphatic carbocycles. The molecule has 1 aliphatic rings. The van der Waals surface area contributed by atoms with Gasteiger partial charge in [-0.15, -0.1) is 0 Å². The number of hydrogen-bond acceptors (Lipinski definition) is 3. The number of fused-ring (bicyclic) bond motifs is 1. The van der Waals surface area contributed by atoms with Gasteiger partial charge in [0, 0.05) is 13.0 Å². The van der Waals surface area contributed by atoms with Crippen molar-refractivity contribution in [3.05, 3.63) is 35.4 Å². The molecule has 4 nitrogen and oxygen atoms in total. The van der Waals surface area contributed by atoms with Crippen molar-refractivity contribution in [1.82, 2.24) is 4.90 Å². The summed E-state index contributed by atoms with van der Waals surface area (Å²) in [6.45, 7) is 10.3. The normalized spacial score (nSPS) is 18.0. The van der Waals surface area contributed by atoms with E-state index < -0.39 is 11.7 Å². The SMILES string of the molecule is CC.CC(C)(C)OC(=O)N1Cc2ccccc2CC(O)C1. The smallest absolute Gasteiger partial charge is 0.410 e. The molecule has 1 N–H and O–H groups in total. The molecule has 1 amide bonds. The lowest BCUT2D eigenvalue weighted by atomic mass is 10.0. The number of benzene rings is 1. The standard InChI is InChI=1S/C15H21NO3.C2H6/c1-15(2,3)19-14(18)16-9-12-7-5-4-6-11(12)8-13(17)10-16;1-2/h4-7,13,17H,8-10H2,1-3H3;1-2H3. The molecule has 2 rings (SSSR count). The quantitative estimate of drug-likeness (QED) is 0.798. The Labute approximate surface area is 127 Å². The molecule has 0 radical (unpaired) electrons. The van der Waals surface area contributed by atoms with Crippen LogP contribution >= 0.6 is 0 Å². The van der Waals surface area contributed by atoms with E-state index in [-0.39, 0.29) is 6.09 Å². The van der Waals surface area contributed by atoms with Gasteiger partial charge in [-0.25, -0.2) is 4.79 Å². The van der Waals surface area contributed by atoms with Gasteiger partial charge >= 0.3 is 6.09 Å². The zero-order chi connectivity index (χ0) is 16.0. The van der Waals surface area contributed by atoms with Crippen LogP contribution in [-0.4, -0.2) is 34.3 Å². The summed E-state index contributed by atoms with van der Waals surface area (Å²) in [5.74, 6) is 0. The predicted octanol–water partition coefficient (Wildman–Crippen LogP) is 3.37. The fourth-order valence-corrected chi connectivity index (χ4v) is 2.22. The number of carbonyl (C=O) groups is 1. The van der Waals surface area contributed by atoms with Gasteiger partial charge in [0.05, 0.1) is 12.6 Å². The molecule has 1 unspecified atom stereocenters. The predicted molar refractivity (Wildman–Crippen MR) is 84.1 cm³/mol. The van der Waals surface area contributed by atoms with Gasteiger partial charge in [-0.1, -0.05) is 38.1 Å². The molecule has 1 aromatic carbocycles. The van der Waals surface area contributed by atoms with Crippen molar-refractivity contribution < 1.29 is 14.6 Å². The summed E-state index contributed by atoms with van der Waals surface area (Å²) in [5, 5.41) is 10.0. The third-order valence-electron chi connectivity index (χ3n) is 3.02. The minimum atomic E-state index is -0.545. The molecule has 1 heterocycles. The molecule has 1 aromatic rings. The molecule has 21 heavy (non-hydrogen) atoms. The van der Waals surface area contributed by atoms with Gasteiger partial charge in [0.15, 0.2) is 0 Å². The van der Waals surface area contributed by atoms with E-state index in [0.29, 0.717) is 19.5 Å². The van der Waals surface area contributed by atoms with E-state index in [1.54, 1.807) is 4.90 Å². The lowest BCUT2D eigenvalue weighted by Crippen LogP contribution is -2.39. The molecule has 0 bridgehead atoms. The number of ether oxygens (including phenoxy) is 1. The second kappa shape index (κ2) is 7.46. The Kier molecular flexibility index (Phi) is 6.21. The van der Waals surface area contributed by atoms with Gasteiger partial charge in [-0.2, -0.15) is 0 Å². The number of amides is 1. The Balaban J connectivity index is 0.00000106. The molecule has 0 spiro atoms. The van der Waals surface area contributed by atoms with Crippen molar-refractivity contribution in [2.45, 2.75) is 59.3 Å². The number of aliphatic hydroxyl groups excluding tert-OH is 1. The fourth-order valence-electron chi connectivity index (χ4n) is 2.22. The first-order valence-corrected chi connectivity index (χ1v) is 7.58. The highest BCUT2D eigenvalue weighted by molar-refractivity contribution is 5.68. The average molecular weight is 293 g/mol. The number of nitrogens with zero attached hydrogens (tertiary/aromatic N) is 1. The Morgan fingerprint density at radius 3 is 2.38 bits per heavy atom. The van der Waals surface area contributed by atoms with E-state index in [0.717, 1.165) is 11.1 Å². The second-order valence-electron chi connectivity index (χ2n) is 5.99. The molecular weight excluding hydrogens is 266 g/mol. The first kappa shape index (κ1) is 17.5. The molecular formula is C17H27NO3. The number of hydrogen-bond donors (Lipinski definition) is 1. The van der Waals surface area contributed by atoms with Crippen molar-refractivity contribution in [3.63, 3.8) is 0 Å². The minimum absolute atomic E-state index is 0.309. The Hall–Kier alpha value is -1.55. The van der Waals surface area contributed by atoms with Crippen LogP contribution in [0.25, 0.3) is 0 Å². The van der Waals surface area contributed by atoms with Crippen LogP contribution < -0.4 is 0 Å². The highest BCUT2D eigenvalue weighted by Gasteiger charge is 2.27. The zero-order valence-corrected chi connectivity index (χ0v) is 13.7. The Bertz CT molecular complexity index is 465. The van der Waals surface area contributed by atoms with E-state index in [1.165, 1.54) is 0 Å². The molecule has 0 fully saturated rings. The topological polar surface area (TPSA) is 49.8 Å². The highest BCUT2D eigenvalue weighted by atomic mass is 16.6.